The topological polar surface area (TPSA) is 46.2 Å². The molecule has 0 aliphatic heterocycles. The molecule has 66 heavy (non-hydrogen) atoms. The summed E-state index contributed by atoms with van der Waals surface area (Å²) in [6, 6.07) is 78.6. The van der Waals surface area contributed by atoms with Crippen LogP contribution < -0.4 is 4.90 Å². The number of aromatic nitrogens is 3. The first-order chi connectivity index (χ1) is 32.7. The van der Waals surface area contributed by atoms with Crippen molar-refractivity contribution in [2.75, 3.05) is 4.90 Å². The van der Waals surface area contributed by atoms with E-state index in [2.05, 4.69) is 212 Å². The number of nitriles is 1. The van der Waals surface area contributed by atoms with Gasteiger partial charge in [-0.1, -0.05) is 133 Å². The van der Waals surface area contributed by atoms with Crippen LogP contribution in [0.15, 0.2) is 218 Å². The monoisotopic (exact) mass is 840 g/mol. The van der Waals surface area contributed by atoms with E-state index in [4.69, 9.17) is 6.57 Å². The number of hydrogen-bond donors (Lipinski definition) is 0. The molecule has 0 spiro atoms. The first kappa shape index (κ1) is 37.2. The summed E-state index contributed by atoms with van der Waals surface area (Å²) in [4.78, 5) is 6.57. The number of hydrogen-bond acceptors (Lipinski definition) is 2. The van der Waals surface area contributed by atoms with Gasteiger partial charge in [0.2, 0.25) is 5.69 Å². The van der Waals surface area contributed by atoms with Crippen molar-refractivity contribution in [1.82, 2.24) is 13.7 Å². The zero-order chi connectivity index (χ0) is 43.9. The molecular formula is C60H36N6. The second-order valence-corrected chi connectivity index (χ2v) is 16.7. The summed E-state index contributed by atoms with van der Waals surface area (Å²) in [5, 5.41) is 20.1. The molecule has 6 nitrogen and oxygen atoms in total. The molecule has 306 valence electrons. The van der Waals surface area contributed by atoms with Crippen LogP contribution in [0.1, 0.15) is 5.56 Å². The first-order valence-corrected chi connectivity index (χ1v) is 22.0. The van der Waals surface area contributed by atoms with E-state index in [1.807, 2.05) is 36.4 Å². The van der Waals surface area contributed by atoms with Gasteiger partial charge in [-0.05, 0) is 95.7 Å². The zero-order valence-electron chi connectivity index (χ0n) is 35.5. The Balaban J connectivity index is 1.11. The number of fused-ring (bicyclic) bond motifs is 12. The molecule has 0 amide bonds. The molecule has 0 aliphatic carbocycles. The number of rotatable bonds is 6. The summed E-state index contributed by atoms with van der Waals surface area (Å²) in [5.74, 6) is 0. The molecule has 0 aliphatic rings. The fourth-order valence-corrected chi connectivity index (χ4v) is 10.5. The Hall–Kier alpha value is -9.36. The zero-order valence-corrected chi connectivity index (χ0v) is 35.5. The molecule has 6 heteroatoms. The van der Waals surface area contributed by atoms with Crippen molar-refractivity contribution >= 4 is 98.9 Å². The Morgan fingerprint density at radius 1 is 0.409 bits per heavy atom. The highest BCUT2D eigenvalue weighted by Gasteiger charge is 2.25. The van der Waals surface area contributed by atoms with Gasteiger partial charge in [0.15, 0.2) is 0 Å². The first-order valence-electron chi connectivity index (χ1n) is 22.0. The molecule has 13 rings (SSSR count). The predicted molar refractivity (Wildman–Crippen MR) is 273 cm³/mol. The highest BCUT2D eigenvalue weighted by atomic mass is 15.1. The number of anilines is 3. The van der Waals surface area contributed by atoms with Crippen molar-refractivity contribution in [1.29, 1.82) is 5.26 Å². The van der Waals surface area contributed by atoms with Crippen LogP contribution in [0.5, 0.6) is 0 Å². The summed E-state index contributed by atoms with van der Waals surface area (Å²) in [5.41, 5.74) is 12.3. The maximum absolute atomic E-state index is 11.3. The second-order valence-electron chi connectivity index (χ2n) is 16.7. The summed E-state index contributed by atoms with van der Waals surface area (Å²) in [6.45, 7) is 8.86. The molecule has 0 fully saturated rings. The fraction of sp³-hybridized carbons (Fsp3) is 0. The molecule has 3 heterocycles. The highest BCUT2D eigenvalue weighted by Crippen LogP contribution is 2.46. The fourth-order valence-electron chi connectivity index (χ4n) is 10.5. The van der Waals surface area contributed by atoms with E-state index < -0.39 is 0 Å². The van der Waals surface area contributed by atoms with E-state index in [0.717, 1.165) is 98.9 Å². The number of benzene rings is 10. The maximum Gasteiger partial charge on any atom is 0.212 e. The summed E-state index contributed by atoms with van der Waals surface area (Å²) in [7, 11) is 0. The smallest absolute Gasteiger partial charge is 0.212 e. The van der Waals surface area contributed by atoms with Crippen LogP contribution in [0.2, 0.25) is 0 Å². The van der Waals surface area contributed by atoms with Crippen molar-refractivity contribution in [3.8, 4) is 23.1 Å². The molecular weight excluding hydrogens is 805 g/mol. The van der Waals surface area contributed by atoms with E-state index in [1.165, 1.54) is 0 Å². The van der Waals surface area contributed by atoms with Crippen molar-refractivity contribution in [2.24, 2.45) is 0 Å². The van der Waals surface area contributed by atoms with E-state index in [-0.39, 0.29) is 0 Å². The SMILES string of the molecule is [C-]#[N+]c1cc(-n2c3ccc(N(c4ccccc4)c4ccccc4)cc3c3c4ccccc4ccc32)c(C#N)cc1-n1c2ccccc2c2ccc3c4ccccc4n(-c4ccccc4)c3c21. The molecule has 10 aromatic carbocycles. The van der Waals surface area contributed by atoms with E-state index >= 15 is 0 Å². The van der Waals surface area contributed by atoms with Crippen LogP contribution in [0.25, 0.3) is 98.1 Å². The molecule has 13 aromatic rings. The van der Waals surface area contributed by atoms with E-state index in [1.54, 1.807) is 0 Å². The largest absolute Gasteiger partial charge is 0.317 e. The van der Waals surface area contributed by atoms with Gasteiger partial charge in [-0.15, -0.1) is 0 Å². The third-order valence-corrected chi connectivity index (χ3v) is 13.2. The summed E-state index contributed by atoms with van der Waals surface area (Å²) in [6.07, 6.45) is 0. The van der Waals surface area contributed by atoms with Gasteiger partial charge in [0.1, 0.15) is 6.07 Å². The van der Waals surface area contributed by atoms with Gasteiger partial charge >= 0.3 is 0 Å². The average molecular weight is 841 g/mol. The lowest BCUT2D eigenvalue weighted by molar-refractivity contribution is 1.13. The minimum Gasteiger partial charge on any atom is -0.317 e. The van der Waals surface area contributed by atoms with Crippen molar-refractivity contribution in [2.45, 2.75) is 0 Å². The normalized spacial score (nSPS) is 11.6. The van der Waals surface area contributed by atoms with Crippen LogP contribution >= 0.6 is 0 Å². The van der Waals surface area contributed by atoms with Gasteiger partial charge in [-0.3, -0.25) is 0 Å². The van der Waals surface area contributed by atoms with Gasteiger partial charge < -0.3 is 18.6 Å². The third kappa shape index (κ3) is 5.40. The van der Waals surface area contributed by atoms with Gasteiger partial charge in [-0.25, -0.2) is 4.85 Å². The molecule has 0 saturated carbocycles. The third-order valence-electron chi connectivity index (χ3n) is 13.2. The quantitative estimate of drug-likeness (QED) is 0.157. The Morgan fingerprint density at radius 3 is 1.61 bits per heavy atom. The van der Waals surface area contributed by atoms with Gasteiger partial charge in [0.25, 0.3) is 0 Å². The van der Waals surface area contributed by atoms with Crippen LogP contribution in [0, 0.1) is 17.9 Å². The van der Waals surface area contributed by atoms with Crippen LogP contribution in [-0.2, 0) is 0 Å². The molecule has 0 N–H and O–H groups in total. The molecule has 0 radical (unpaired) electrons. The van der Waals surface area contributed by atoms with Crippen molar-refractivity contribution < 1.29 is 0 Å². The standard InChI is InChI=1S/C60H36N6/c1-62-51-37-56(65-54-34-30-44(63(41-18-5-2-6-19-41)42-20-7-3-8-21-42)36-50(54)58-45-24-12-11-17-39(45)29-33-55(58)65)40(38-61)35-57(51)66-53-28-16-14-26-47(53)49-32-31-48-46-25-13-15-27-52(46)64(59(48)60(49)66)43-22-9-4-10-23-43/h2-37H. The minimum atomic E-state index is 0.442. The molecule has 0 bridgehead atoms. The number of para-hydroxylation sites is 5. The van der Waals surface area contributed by atoms with E-state index in [9.17, 15) is 5.26 Å². The van der Waals surface area contributed by atoms with Crippen molar-refractivity contribution in [3.63, 3.8) is 0 Å². The van der Waals surface area contributed by atoms with Crippen molar-refractivity contribution in [3.05, 3.63) is 235 Å². The lowest BCUT2D eigenvalue weighted by Gasteiger charge is -2.25. The second kappa shape index (κ2) is 14.6. The molecule has 0 atom stereocenters. The Bertz CT molecular complexity index is 4140. The predicted octanol–water partition coefficient (Wildman–Crippen LogP) is 16.0. The highest BCUT2D eigenvalue weighted by molar-refractivity contribution is 6.25. The maximum atomic E-state index is 11.3. The summed E-state index contributed by atoms with van der Waals surface area (Å²) < 4.78 is 6.74. The lowest BCUT2D eigenvalue weighted by atomic mass is 10.0. The van der Waals surface area contributed by atoms with Crippen LogP contribution in [0.4, 0.5) is 22.7 Å². The number of nitrogens with zero attached hydrogens (tertiary/aromatic N) is 6. The molecule has 0 unspecified atom stereocenters. The van der Waals surface area contributed by atoms with Crippen LogP contribution in [0.3, 0.4) is 0 Å². The Labute approximate surface area is 379 Å². The van der Waals surface area contributed by atoms with Gasteiger partial charge in [0, 0.05) is 55.1 Å². The van der Waals surface area contributed by atoms with E-state index in [0.29, 0.717) is 22.6 Å². The van der Waals surface area contributed by atoms with Gasteiger partial charge in [-0.2, -0.15) is 5.26 Å². The van der Waals surface area contributed by atoms with Crippen LogP contribution in [-0.4, -0.2) is 13.7 Å². The molecule has 0 saturated heterocycles. The Morgan fingerprint density at radius 2 is 0.955 bits per heavy atom. The Kier molecular flexibility index (Phi) is 8.24. The lowest BCUT2D eigenvalue weighted by Crippen LogP contribution is -2.09. The van der Waals surface area contributed by atoms with Gasteiger partial charge in [0.05, 0.1) is 56.6 Å². The summed E-state index contributed by atoms with van der Waals surface area (Å²) >= 11 is 0. The average Bonchev–Trinajstić information content (AvgIpc) is 4.03. The minimum absolute atomic E-state index is 0.442. The molecule has 3 aromatic heterocycles.